The Labute approximate surface area is 193 Å². The summed E-state index contributed by atoms with van der Waals surface area (Å²) in [6, 6.07) is 0.967. The van der Waals surface area contributed by atoms with Gasteiger partial charge in [0.1, 0.15) is 0 Å². The first-order valence-electron chi connectivity index (χ1n) is 12.7. The van der Waals surface area contributed by atoms with Crippen LogP contribution in [-0.2, 0) is 19.1 Å². The van der Waals surface area contributed by atoms with E-state index >= 15 is 0 Å². The lowest BCUT2D eigenvalue weighted by Gasteiger charge is -2.44. The second-order valence-corrected chi connectivity index (χ2v) is 10.5. The molecule has 4 saturated heterocycles. The summed E-state index contributed by atoms with van der Waals surface area (Å²) in [5, 5.41) is 0. The molecular weight excluding hydrogens is 408 g/mol. The molecule has 2 amide bonds. The minimum absolute atomic E-state index is 0.256. The third kappa shape index (κ3) is 5.64. The summed E-state index contributed by atoms with van der Waals surface area (Å²) in [6.07, 6.45) is 4.78. The van der Waals surface area contributed by atoms with Gasteiger partial charge in [0.25, 0.3) is 0 Å². The molecule has 0 aromatic carbocycles. The van der Waals surface area contributed by atoms with Crippen molar-refractivity contribution in [3.8, 4) is 0 Å². The monoisotopic (exact) mass is 450 g/mol. The molecule has 0 aromatic heterocycles. The molecule has 4 heterocycles. The Morgan fingerprint density at radius 3 is 1.12 bits per heavy atom. The number of hydrogen-bond acceptors (Lipinski definition) is 6. The fourth-order valence-electron chi connectivity index (χ4n) is 6.17. The molecule has 0 spiro atoms. The predicted molar refractivity (Wildman–Crippen MR) is 122 cm³/mol. The molecule has 182 valence electrons. The van der Waals surface area contributed by atoms with Gasteiger partial charge in [-0.1, -0.05) is 0 Å². The summed E-state index contributed by atoms with van der Waals surface area (Å²) in [5.74, 6) is -0.613. The zero-order valence-corrected chi connectivity index (χ0v) is 20.4. The summed E-state index contributed by atoms with van der Waals surface area (Å²) in [6.45, 7) is 15.0. The van der Waals surface area contributed by atoms with Gasteiger partial charge in [0.15, 0.2) is 0 Å². The molecule has 4 rings (SSSR count). The highest BCUT2D eigenvalue weighted by atomic mass is 16.5. The van der Waals surface area contributed by atoms with E-state index in [1.165, 1.54) is 0 Å². The molecule has 0 bridgehead atoms. The van der Waals surface area contributed by atoms with Gasteiger partial charge < -0.3 is 19.3 Å². The van der Waals surface area contributed by atoms with Gasteiger partial charge in [-0.2, -0.15) is 0 Å². The molecule has 0 saturated carbocycles. The number of ether oxygens (including phenoxy) is 2. The summed E-state index contributed by atoms with van der Waals surface area (Å²) < 4.78 is 11.7. The predicted octanol–water partition coefficient (Wildman–Crippen LogP) is 1.19. The number of carbonyl (C=O) groups excluding carboxylic acids is 2. The minimum Gasteiger partial charge on any atom is -0.373 e. The molecule has 8 nitrogen and oxygen atoms in total. The van der Waals surface area contributed by atoms with Gasteiger partial charge in [0.2, 0.25) is 0 Å². The Bertz CT molecular complexity index is 584. The lowest BCUT2D eigenvalue weighted by Crippen LogP contribution is -2.57. The number of rotatable bonds is 2. The van der Waals surface area contributed by atoms with Gasteiger partial charge in [-0.15, -0.1) is 0 Å². The van der Waals surface area contributed by atoms with E-state index in [4.69, 9.17) is 9.47 Å². The fraction of sp³-hybridized carbons (Fsp3) is 0.917. The standard InChI is InChI=1S/C24H42N4O4/c1-17-13-27(14-18(2)31-17)21-5-9-25(10-6-21)23(29)24(30)26-11-7-22(8-12-26)28-15-19(3)32-20(4)16-28/h17-22H,5-16H2,1-4H3/t17-,18+,19-,20+. The highest BCUT2D eigenvalue weighted by Gasteiger charge is 2.36. The minimum atomic E-state index is -0.306. The van der Waals surface area contributed by atoms with Crippen molar-refractivity contribution in [3.05, 3.63) is 0 Å². The van der Waals surface area contributed by atoms with Gasteiger partial charge in [-0.25, -0.2) is 0 Å². The van der Waals surface area contributed by atoms with E-state index in [-0.39, 0.29) is 36.2 Å². The van der Waals surface area contributed by atoms with Crippen molar-refractivity contribution in [1.29, 1.82) is 0 Å². The molecular formula is C24H42N4O4. The van der Waals surface area contributed by atoms with E-state index < -0.39 is 0 Å². The first kappa shape index (κ1) is 23.9. The van der Waals surface area contributed by atoms with Gasteiger partial charge in [0, 0.05) is 64.4 Å². The smallest absolute Gasteiger partial charge is 0.312 e. The average molecular weight is 451 g/mol. The third-order valence-electron chi connectivity index (χ3n) is 7.61. The van der Waals surface area contributed by atoms with Gasteiger partial charge in [-0.05, 0) is 53.4 Å². The van der Waals surface area contributed by atoms with Crippen LogP contribution in [0, 0.1) is 0 Å². The summed E-state index contributed by atoms with van der Waals surface area (Å²) >= 11 is 0. The molecule has 4 aliphatic heterocycles. The number of hydrogen-bond donors (Lipinski definition) is 0. The normalized spacial score (nSPS) is 34.6. The fourth-order valence-corrected chi connectivity index (χ4v) is 6.17. The lowest BCUT2D eigenvalue weighted by molar-refractivity contribution is -0.154. The van der Waals surface area contributed by atoms with Crippen LogP contribution in [0.25, 0.3) is 0 Å². The molecule has 4 aliphatic rings. The number of nitrogens with zero attached hydrogens (tertiary/aromatic N) is 4. The van der Waals surface area contributed by atoms with Crippen LogP contribution in [0.4, 0.5) is 0 Å². The van der Waals surface area contributed by atoms with Crippen LogP contribution in [0.15, 0.2) is 0 Å². The molecule has 8 heteroatoms. The van der Waals surface area contributed by atoms with Crippen molar-refractivity contribution in [2.75, 3.05) is 52.4 Å². The van der Waals surface area contributed by atoms with Crippen molar-refractivity contribution in [2.24, 2.45) is 0 Å². The van der Waals surface area contributed by atoms with E-state index in [9.17, 15) is 9.59 Å². The summed E-state index contributed by atoms with van der Waals surface area (Å²) in [7, 11) is 0. The van der Waals surface area contributed by atoms with E-state index in [1.807, 2.05) is 0 Å². The third-order valence-corrected chi connectivity index (χ3v) is 7.61. The van der Waals surface area contributed by atoms with E-state index in [1.54, 1.807) is 9.80 Å². The number of amides is 2. The van der Waals surface area contributed by atoms with E-state index in [0.29, 0.717) is 38.3 Å². The zero-order valence-electron chi connectivity index (χ0n) is 20.4. The summed E-state index contributed by atoms with van der Waals surface area (Å²) in [5.41, 5.74) is 0. The van der Waals surface area contributed by atoms with Crippen molar-refractivity contribution < 1.29 is 19.1 Å². The highest BCUT2D eigenvalue weighted by molar-refractivity contribution is 6.34. The quantitative estimate of drug-likeness (QED) is 0.589. The lowest BCUT2D eigenvalue weighted by atomic mass is 10.00. The number of likely N-dealkylation sites (tertiary alicyclic amines) is 2. The van der Waals surface area contributed by atoms with Crippen LogP contribution in [0.5, 0.6) is 0 Å². The van der Waals surface area contributed by atoms with Crippen LogP contribution < -0.4 is 0 Å². The van der Waals surface area contributed by atoms with E-state index in [2.05, 4.69) is 37.5 Å². The molecule has 0 aromatic rings. The van der Waals surface area contributed by atoms with Crippen molar-refractivity contribution in [1.82, 2.24) is 19.6 Å². The maximum atomic E-state index is 12.9. The Balaban J connectivity index is 1.22. The Hall–Kier alpha value is -1.22. The van der Waals surface area contributed by atoms with Crippen LogP contribution in [0.1, 0.15) is 53.4 Å². The Kier molecular flexibility index (Phi) is 7.75. The topological polar surface area (TPSA) is 65.6 Å². The molecule has 0 radical (unpaired) electrons. The Morgan fingerprint density at radius 1 is 0.562 bits per heavy atom. The number of morpholine rings is 2. The molecule has 4 fully saturated rings. The molecule has 0 unspecified atom stereocenters. The van der Waals surface area contributed by atoms with Crippen LogP contribution >= 0.6 is 0 Å². The van der Waals surface area contributed by atoms with Crippen molar-refractivity contribution in [2.45, 2.75) is 89.9 Å². The SMILES string of the molecule is C[C@@H]1CN(C2CCN(C(=O)C(=O)N3CCC(N4C[C@@H](C)O[C@@H](C)C4)CC3)CC2)C[C@H](C)O1. The van der Waals surface area contributed by atoms with Crippen LogP contribution in [-0.4, -0.2) is 120 Å². The van der Waals surface area contributed by atoms with Crippen LogP contribution in [0.2, 0.25) is 0 Å². The largest absolute Gasteiger partial charge is 0.373 e. The van der Waals surface area contributed by atoms with Crippen molar-refractivity contribution >= 4 is 11.8 Å². The zero-order chi connectivity index (χ0) is 22.8. The molecule has 4 atom stereocenters. The first-order valence-corrected chi connectivity index (χ1v) is 12.7. The van der Waals surface area contributed by atoms with Gasteiger partial charge in [-0.3, -0.25) is 19.4 Å². The van der Waals surface area contributed by atoms with Gasteiger partial charge >= 0.3 is 11.8 Å². The first-order chi connectivity index (χ1) is 15.3. The molecule has 32 heavy (non-hydrogen) atoms. The molecule has 0 N–H and O–H groups in total. The van der Waals surface area contributed by atoms with E-state index in [0.717, 1.165) is 51.9 Å². The Morgan fingerprint density at radius 2 is 0.844 bits per heavy atom. The van der Waals surface area contributed by atoms with Crippen molar-refractivity contribution in [3.63, 3.8) is 0 Å². The average Bonchev–Trinajstić information content (AvgIpc) is 2.77. The van der Waals surface area contributed by atoms with Gasteiger partial charge in [0.05, 0.1) is 24.4 Å². The highest BCUT2D eigenvalue weighted by Crippen LogP contribution is 2.24. The molecule has 0 aliphatic carbocycles. The van der Waals surface area contributed by atoms with Crippen LogP contribution in [0.3, 0.4) is 0 Å². The number of piperidine rings is 2. The maximum absolute atomic E-state index is 12.9. The second kappa shape index (κ2) is 10.4. The number of carbonyl (C=O) groups is 2. The maximum Gasteiger partial charge on any atom is 0.312 e. The summed E-state index contributed by atoms with van der Waals surface area (Å²) in [4.78, 5) is 34.4. The second-order valence-electron chi connectivity index (χ2n) is 10.5.